The van der Waals surface area contributed by atoms with Crippen molar-refractivity contribution >= 4 is 5.97 Å². The number of hydrogen-bond acceptors (Lipinski definition) is 2. The molecule has 0 aromatic carbocycles. The molecule has 0 bridgehead atoms. The maximum absolute atomic E-state index is 10.3. The third kappa shape index (κ3) is 13.2. The van der Waals surface area contributed by atoms with Crippen molar-refractivity contribution in [1.82, 2.24) is 0 Å². The number of rotatable bonds is 13. The number of carboxylic acid groups (broad SMARTS) is 1. The zero-order valence-corrected chi connectivity index (χ0v) is 21.8. The first kappa shape index (κ1) is 24.3. The Bertz CT molecular complexity index is 315. The molecule has 1 fully saturated rings. The second kappa shape index (κ2) is 16.7. The van der Waals surface area contributed by atoms with Gasteiger partial charge in [0.25, 0.3) is 0 Å². The molecule has 3 heteroatoms. The average Bonchev–Trinajstić information content (AvgIpc) is 2.93. The number of unbranched alkanes of at least 4 members (excludes halogenated alkanes) is 7. The van der Waals surface area contributed by atoms with E-state index in [9.17, 15) is 9.90 Å². The van der Waals surface area contributed by atoms with Crippen molar-refractivity contribution in [3.63, 3.8) is 0 Å². The Hall–Kier alpha value is 1.26. The predicted molar refractivity (Wildman–Crippen MR) is 91.4 cm³/mol. The number of aliphatic carboxylic acids is 1. The van der Waals surface area contributed by atoms with Gasteiger partial charge in [-0.3, -0.25) is 0 Å². The summed E-state index contributed by atoms with van der Waals surface area (Å²) in [5.74, 6) is 0.848. The average molecular weight is 440 g/mol. The molecule has 0 N–H and O–H groups in total. The van der Waals surface area contributed by atoms with E-state index in [4.69, 9.17) is 0 Å². The van der Waals surface area contributed by atoms with Crippen molar-refractivity contribution in [2.24, 2.45) is 11.8 Å². The minimum Gasteiger partial charge on any atom is -0.545 e. The standard InChI is InChI=1S/C20H36O2.Cs/c1-2-3-4-5-6-9-13-18-15-12-16-19(18)14-10-7-8-11-17-20(21)22;/h11,17-19H,2-10,12-16H2,1H3,(H,21,22);/q;+1/p-1/t18-,19-;/m0./s1. The van der Waals surface area contributed by atoms with Crippen molar-refractivity contribution in [1.29, 1.82) is 0 Å². The largest absolute Gasteiger partial charge is 1.00 e. The maximum atomic E-state index is 10.3. The number of hydrogen-bond donors (Lipinski definition) is 0. The van der Waals surface area contributed by atoms with Gasteiger partial charge in [0.2, 0.25) is 0 Å². The van der Waals surface area contributed by atoms with E-state index in [0.29, 0.717) is 0 Å². The molecule has 1 aliphatic rings. The summed E-state index contributed by atoms with van der Waals surface area (Å²) in [6.07, 6.45) is 21.7. The minimum absolute atomic E-state index is 0. The Balaban J connectivity index is 0.00000484. The van der Waals surface area contributed by atoms with Crippen molar-refractivity contribution < 1.29 is 78.8 Å². The van der Waals surface area contributed by atoms with Crippen LogP contribution in [0.5, 0.6) is 0 Å². The molecule has 0 amide bonds. The molecule has 0 aromatic heterocycles. The summed E-state index contributed by atoms with van der Waals surface area (Å²) in [6, 6.07) is 0. The van der Waals surface area contributed by atoms with Gasteiger partial charge >= 0.3 is 68.9 Å². The first-order chi connectivity index (χ1) is 10.7. The van der Waals surface area contributed by atoms with E-state index >= 15 is 0 Å². The van der Waals surface area contributed by atoms with Crippen LogP contribution in [0.25, 0.3) is 0 Å². The minimum atomic E-state index is -1.07. The molecule has 1 aliphatic carbocycles. The van der Waals surface area contributed by atoms with Crippen LogP contribution < -0.4 is 74.0 Å². The van der Waals surface area contributed by atoms with E-state index in [1.807, 2.05) is 0 Å². The summed E-state index contributed by atoms with van der Waals surface area (Å²) in [4.78, 5) is 10.3. The summed E-state index contributed by atoms with van der Waals surface area (Å²) >= 11 is 0. The number of carbonyl (C=O) groups is 1. The summed E-state index contributed by atoms with van der Waals surface area (Å²) < 4.78 is 0. The van der Waals surface area contributed by atoms with Gasteiger partial charge in [-0.25, -0.2) is 0 Å². The molecule has 0 radical (unpaired) electrons. The van der Waals surface area contributed by atoms with E-state index in [2.05, 4.69) is 6.92 Å². The first-order valence-corrected chi connectivity index (χ1v) is 9.61. The van der Waals surface area contributed by atoms with E-state index in [0.717, 1.165) is 30.8 Å². The summed E-state index contributed by atoms with van der Waals surface area (Å²) in [7, 11) is 0. The first-order valence-electron chi connectivity index (χ1n) is 9.61. The molecule has 0 unspecified atom stereocenters. The molecule has 0 saturated heterocycles. The fourth-order valence-corrected chi connectivity index (χ4v) is 3.91. The molecule has 2 nitrogen and oxygen atoms in total. The number of carboxylic acids is 1. The van der Waals surface area contributed by atoms with Gasteiger partial charge in [-0.05, 0) is 30.8 Å². The fraction of sp³-hybridized carbons (Fsp3) is 0.850. The number of allylic oxidation sites excluding steroid dienone is 1. The Morgan fingerprint density at radius 3 is 2.13 bits per heavy atom. The molecule has 0 spiro atoms. The summed E-state index contributed by atoms with van der Waals surface area (Å²) in [5, 5.41) is 10.3. The molecule has 128 valence electrons. The molecule has 0 aliphatic heterocycles. The smallest absolute Gasteiger partial charge is 0.545 e. The summed E-state index contributed by atoms with van der Waals surface area (Å²) in [6.45, 7) is 2.28. The van der Waals surface area contributed by atoms with Gasteiger partial charge in [0.05, 0.1) is 5.97 Å². The quantitative estimate of drug-likeness (QED) is 0.325. The van der Waals surface area contributed by atoms with Gasteiger partial charge in [0, 0.05) is 0 Å². The van der Waals surface area contributed by atoms with Gasteiger partial charge in [-0.2, -0.15) is 0 Å². The zero-order valence-electron chi connectivity index (χ0n) is 15.5. The van der Waals surface area contributed by atoms with Crippen LogP contribution >= 0.6 is 0 Å². The predicted octanol–water partition coefficient (Wildman–Crippen LogP) is 2.02. The van der Waals surface area contributed by atoms with E-state index in [1.54, 1.807) is 6.08 Å². The van der Waals surface area contributed by atoms with Gasteiger partial charge in [0.15, 0.2) is 0 Å². The van der Waals surface area contributed by atoms with Crippen molar-refractivity contribution in [3.8, 4) is 0 Å². The topological polar surface area (TPSA) is 40.1 Å². The van der Waals surface area contributed by atoms with E-state index in [1.165, 1.54) is 77.0 Å². The molecule has 1 rings (SSSR count). The van der Waals surface area contributed by atoms with Crippen LogP contribution in [0.2, 0.25) is 0 Å². The van der Waals surface area contributed by atoms with Crippen LogP contribution in [0.3, 0.4) is 0 Å². The van der Waals surface area contributed by atoms with E-state index in [-0.39, 0.29) is 68.9 Å². The van der Waals surface area contributed by atoms with Crippen molar-refractivity contribution in [2.75, 3.05) is 0 Å². The van der Waals surface area contributed by atoms with Crippen molar-refractivity contribution in [3.05, 3.63) is 12.2 Å². The normalized spacial score (nSPS) is 20.7. The van der Waals surface area contributed by atoms with Crippen LogP contribution in [0.1, 0.15) is 96.8 Å². The van der Waals surface area contributed by atoms with Gasteiger partial charge < -0.3 is 9.90 Å². The Labute approximate surface area is 202 Å². The van der Waals surface area contributed by atoms with E-state index < -0.39 is 5.97 Å². The Morgan fingerprint density at radius 2 is 1.52 bits per heavy atom. The molecular formula is C20H35CsO2. The van der Waals surface area contributed by atoms with Gasteiger partial charge in [-0.15, -0.1) is 0 Å². The SMILES string of the molecule is CCCCCCCC[C@H]1CCC[C@@H]1CCCCC=CC(=O)[O-].[Cs+]. The zero-order chi connectivity index (χ0) is 16.0. The molecule has 0 aromatic rings. The van der Waals surface area contributed by atoms with Crippen LogP contribution in [0.15, 0.2) is 12.2 Å². The van der Waals surface area contributed by atoms with Crippen LogP contribution in [0.4, 0.5) is 0 Å². The second-order valence-electron chi connectivity index (χ2n) is 7.01. The molecule has 0 heterocycles. The monoisotopic (exact) mass is 440 g/mol. The molecule has 1 saturated carbocycles. The molecular weight excluding hydrogens is 405 g/mol. The third-order valence-corrected chi connectivity index (χ3v) is 5.19. The third-order valence-electron chi connectivity index (χ3n) is 5.19. The maximum Gasteiger partial charge on any atom is 1.00 e. The molecule has 23 heavy (non-hydrogen) atoms. The van der Waals surface area contributed by atoms with Crippen LogP contribution in [-0.2, 0) is 4.79 Å². The Morgan fingerprint density at radius 1 is 0.957 bits per heavy atom. The van der Waals surface area contributed by atoms with Crippen LogP contribution in [0, 0.1) is 11.8 Å². The Kier molecular flexibility index (Phi) is 17.6. The number of carbonyl (C=O) groups excluding carboxylic acids is 1. The van der Waals surface area contributed by atoms with Crippen LogP contribution in [-0.4, -0.2) is 5.97 Å². The van der Waals surface area contributed by atoms with Gasteiger partial charge in [-0.1, -0.05) is 90.0 Å². The van der Waals surface area contributed by atoms with Gasteiger partial charge in [0.1, 0.15) is 0 Å². The molecule has 2 atom stereocenters. The fourth-order valence-electron chi connectivity index (χ4n) is 3.91. The summed E-state index contributed by atoms with van der Waals surface area (Å²) in [5.41, 5.74) is 0. The second-order valence-corrected chi connectivity index (χ2v) is 7.01. The van der Waals surface area contributed by atoms with Crippen molar-refractivity contribution in [2.45, 2.75) is 96.8 Å².